The number of hydrogen-bond acceptors (Lipinski definition) is 5. The van der Waals surface area contributed by atoms with Crippen LogP contribution >= 0.6 is 0 Å². The zero-order valence-electron chi connectivity index (χ0n) is 10.9. The van der Waals surface area contributed by atoms with Crippen molar-refractivity contribution in [2.45, 2.75) is 25.8 Å². The molecule has 1 N–H and O–H groups in total. The molecule has 0 radical (unpaired) electrons. The Kier molecular flexibility index (Phi) is 6.51. The van der Waals surface area contributed by atoms with E-state index in [0.29, 0.717) is 19.5 Å². The number of rotatable bonds is 9. The van der Waals surface area contributed by atoms with Gasteiger partial charge in [-0.05, 0) is 12.8 Å². The number of sulfonamides is 1. The third-order valence-corrected chi connectivity index (χ3v) is 3.97. The molecule has 0 aliphatic rings. The largest absolute Gasteiger partial charge is 0.469 e. The lowest BCUT2D eigenvalue weighted by Crippen LogP contribution is -2.28. The highest BCUT2D eigenvalue weighted by molar-refractivity contribution is 7.89. The van der Waals surface area contributed by atoms with Crippen LogP contribution in [0.25, 0.3) is 0 Å². The Labute approximate surface area is 113 Å². The molecule has 1 rings (SSSR count). The maximum atomic E-state index is 11.6. The monoisotopic (exact) mass is 289 g/mol. The smallest absolute Gasteiger partial charge is 0.305 e. The number of nitrogens with one attached hydrogen (secondary N) is 1. The summed E-state index contributed by atoms with van der Waals surface area (Å²) < 4.78 is 32.0. The van der Waals surface area contributed by atoms with Crippen LogP contribution in [-0.4, -0.2) is 43.3 Å². The van der Waals surface area contributed by atoms with E-state index in [4.69, 9.17) is 0 Å². The minimum absolute atomic E-state index is 0.0623. The van der Waals surface area contributed by atoms with E-state index in [1.807, 2.05) is 10.8 Å². The second-order valence-electron chi connectivity index (χ2n) is 4.05. The van der Waals surface area contributed by atoms with Gasteiger partial charge in [0.25, 0.3) is 0 Å². The first-order chi connectivity index (χ1) is 9.03. The fourth-order valence-electron chi connectivity index (χ4n) is 1.49. The van der Waals surface area contributed by atoms with E-state index >= 15 is 0 Å². The lowest BCUT2D eigenvalue weighted by molar-refractivity contribution is -0.140. The number of ether oxygens (including phenoxy) is 1. The molecule has 19 heavy (non-hydrogen) atoms. The third kappa shape index (κ3) is 6.92. The normalized spacial score (nSPS) is 11.4. The molecule has 0 bridgehead atoms. The van der Waals surface area contributed by atoms with Crippen LogP contribution in [-0.2, 0) is 26.1 Å². The summed E-state index contributed by atoms with van der Waals surface area (Å²) in [7, 11) is -2.03. The van der Waals surface area contributed by atoms with Crippen molar-refractivity contribution in [3.05, 3.63) is 18.7 Å². The molecule has 7 nitrogen and oxygen atoms in total. The summed E-state index contributed by atoms with van der Waals surface area (Å²) >= 11 is 0. The van der Waals surface area contributed by atoms with Gasteiger partial charge in [-0.1, -0.05) is 0 Å². The van der Waals surface area contributed by atoms with Crippen molar-refractivity contribution in [3.63, 3.8) is 0 Å². The third-order valence-electron chi connectivity index (χ3n) is 2.50. The van der Waals surface area contributed by atoms with Crippen molar-refractivity contribution >= 4 is 16.0 Å². The summed E-state index contributed by atoms with van der Waals surface area (Å²) in [5, 5.41) is 0. The molecule has 1 aromatic heterocycles. The fourth-order valence-corrected chi connectivity index (χ4v) is 2.61. The summed E-state index contributed by atoms with van der Waals surface area (Å²) in [6.45, 7) is 1.09. The van der Waals surface area contributed by atoms with Crippen molar-refractivity contribution < 1.29 is 17.9 Å². The Bertz CT molecular complexity index is 470. The van der Waals surface area contributed by atoms with E-state index in [2.05, 4.69) is 14.4 Å². The molecule has 0 aliphatic carbocycles. The van der Waals surface area contributed by atoms with Crippen molar-refractivity contribution in [1.29, 1.82) is 0 Å². The van der Waals surface area contributed by atoms with Crippen molar-refractivity contribution in [3.8, 4) is 0 Å². The van der Waals surface area contributed by atoms with Gasteiger partial charge in [-0.25, -0.2) is 18.1 Å². The van der Waals surface area contributed by atoms with Gasteiger partial charge >= 0.3 is 5.97 Å². The average molecular weight is 289 g/mol. The maximum Gasteiger partial charge on any atom is 0.305 e. The first-order valence-electron chi connectivity index (χ1n) is 6.03. The second-order valence-corrected chi connectivity index (χ2v) is 5.97. The van der Waals surface area contributed by atoms with E-state index in [1.165, 1.54) is 7.11 Å². The highest BCUT2D eigenvalue weighted by atomic mass is 32.2. The summed E-state index contributed by atoms with van der Waals surface area (Å²) in [4.78, 5) is 14.7. The Morgan fingerprint density at radius 2 is 2.21 bits per heavy atom. The zero-order chi connectivity index (χ0) is 14.1. The number of carbonyl (C=O) groups is 1. The average Bonchev–Trinajstić information content (AvgIpc) is 2.87. The molecule has 1 heterocycles. The number of carbonyl (C=O) groups excluding carboxylic acids is 1. The van der Waals surface area contributed by atoms with Gasteiger partial charge < -0.3 is 9.30 Å². The number of esters is 1. The number of hydrogen-bond donors (Lipinski definition) is 1. The Morgan fingerprint density at radius 3 is 2.84 bits per heavy atom. The van der Waals surface area contributed by atoms with E-state index < -0.39 is 16.0 Å². The van der Waals surface area contributed by atoms with Gasteiger partial charge in [0.1, 0.15) is 0 Å². The molecule has 0 fully saturated rings. The Balaban J connectivity index is 2.14. The maximum absolute atomic E-state index is 11.6. The minimum Gasteiger partial charge on any atom is -0.469 e. The van der Waals surface area contributed by atoms with Gasteiger partial charge in [0.15, 0.2) is 0 Å². The summed E-state index contributed by atoms with van der Waals surface area (Å²) in [6, 6.07) is 0. The van der Waals surface area contributed by atoms with Crippen LogP contribution in [0.15, 0.2) is 18.7 Å². The standard InChI is InChI=1S/C11H19N3O4S/c1-18-11(15)4-2-9-19(16,17)13-5-3-7-14-8-6-12-10-14/h6,8,10,13H,2-5,7,9H2,1H3. The van der Waals surface area contributed by atoms with E-state index in [-0.39, 0.29) is 18.6 Å². The summed E-state index contributed by atoms with van der Waals surface area (Å²) in [5.41, 5.74) is 0. The predicted molar refractivity (Wildman–Crippen MR) is 69.9 cm³/mol. The predicted octanol–water partition coefficient (Wildman–Crippen LogP) is 0.146. The number of nitrogens with zero attached hydrogens (tertiary/aromatic N) is 2. The summed E-state index contributed by atoms with van der Waals surface area (Å²) in [6.07, 6.45) is 6.26. The first kappa shape index (κ1) is 15.6. The summed E-state index contributed by atoms with van der Waals surface area (Å²) in [5.74, 6) is -0.456. The number of aryl methyl sites for hydroxylation is 1. The molecule has 0 spiro atoms. The molecule has 0 aliphatic heterocycles. The molecule has 0 saturated carbocycles. The number of imidazole rings is 1. The van der Waals surface area contributed by atoms with Crippen LogP contribution in [0.2, 0.25) is 0 Å². The molecule has 0 saturated heterocycles. The quantitative estimate of drug-likeness (QED) is 0.516. The molecule has 0 aromatic carbocycles. The van der Waals surface area contributed by atoms with Crippen LogP contribution in [0, 0.1) is 0 Å². The molecule has 0 amide bonds. The molecular formula is C11H19N3O4S. The van der Waals surface area contributed by atoms with Gasteiger partial charge in [0, 0.05) is 31.9 Å². The van der Waals surface area contributed by atoms with Crippen LogP contribution in [0.1, 0.15) is 19.3 Å². The lowest BCUT2D eigenvalue weighted by atomic mass is 10.3. The molecule has 0 unspecified atom stereocenters. The van der Waals surface area contributed by atoms with Crippen molar-refractivity contribution in [1.82, 2.24) is 14.3 Å². The molecule has 1 aromatic rings. The topological polar surface area (TPSA) is 90.3 Å². The van der Waals surface area contributed by atoms with Crippen LogP contribution in [0.4, 0.5) is 0 Å². The fraction of sp³-hybridized carbons (Fsp3) is 0.636. The van der Waals surface area contributed by atoms with Crippen molar-refractivity contribution in [2.24, 2.45) is 0 Å². The molecule has 108 valence electrons. The first-order valence-corrected chi connectivity index (χ1v) is 7.68. The highest BCUT2D eigenvalue weighted by Crippen LogP contribution is 1.97. The number of methoxy groups -OCH3 is 1. The van der Waals surface area contributed by atoms with Crippen LogP contribution < -0.4 is 4.72 Å². The van der Waals surface area contributed by atoms with Crippen molar-refractivity contribution in [2.75, 3.05) is 19.4 Å². The minimum atomic E-state index is -3.31. The SMILES string of the molecule is COC(=O)CCCS(=O)(=O)NCCCn1ccnc1. The van der Waals surface area contributed by atoms with E-state index in [9.17, 15) is 13.2 Å². The van der Waals surface area contributed by atoms with Gasteiger partial charge in [-0.3, -0.25) is 4.79 Å². The highest BCUT2D eigenvalue weighted by Gasteiger charge is 2.10. The van der Waals surface area contributed by atoms with Gasteiger partial charge in [-0.2, -0.15) is 0 Å². The molecular weight excluding hydrogens is 270 g/mol. The van der Waals surface area contributed by atoms with Crippen LogP contribution in [0.5, 0.6) is 0 Å². The van der Waals surface area contributed by atoms with Gasteiger partial charge in [0.2, 0.25) is 10.0 Å². The molecule has 8 heteroatoms. The van der Waals surface area contributed by atoms with Gasteiger partial charge in [-0.15, -0.1) is 0 Å². The van der Waals surface area contributed by atoms with E-state index in [1.54, 1.807) is 12.5 Å². The number of aromatic nitrogens is 2. The Morgan fingerprint density at radius 1 is 1.42 bits per heavy atom. The van der Waals surface area contributed by atoms with Crippen LogP contribution in [0.3, 0.4) is 0 Å². The second kappa shape index (κ2) is 7.90. The van der Waals surface area contributed by atoms with Gasteiger partial charge in [0.05, 0.1) is 19.2 Å². The Hall–Kier alpha value is -1.41. The zero-order valence-corrected chi connectivity index (χ0v) is 11.7. The van der Waals surface area contributed by atoms with E-state index in [0.717, 1.165) is 0 Å². The molecule has 0 atom stereocenters. The lowest BCUT2D eigenvalue weighted by Gasteiger charge is -2.06.